The highest BCUT2D eigenvalue weighted by atomic mass is 19.4. The SMILES string of the molecule is CCCN(C(=O)CC(F)(F)F)C1COCC1C(=O)O. The van der Waals surface area contributed by atoms with Crippen molar-refractivity contribution in [3.63, 3.8) is 0 Å². The number of carbonyl (C=O) groups is 2. The third kappa shape index (κ3) is 4.38. The highest BCUT2D eigenvalue weighted by Gasteiger charge is 2.42. The van der Waals surface area contributed by atoms with Crippen LogP contribution in [0.3, 0.4) is 0 Å². The van der Waals surface area contributed by atoms with Crippen molar-refractivity contribution in [3.05, 3.63) is 0 Å². The van der Waals surface area contributed by atoms with Crippen LogP contribution in [0.15, 0.2) is 0 Å². The zero-order valence-electron chi connectivity index (χ0n) is 10.4. The number of halogens is 3. The molecular weight excluding hydrogens is 267 g/mol. The molecule has 2 unspecified atom stereocenters. The number of hydrogen-bond acceptors (Lipinski definition) is 3. The van der Waals surface area contributed by atoms with Gasteiger partial charge in [-0.25, -0.2) is 0 Å². The Labute approximate surface area is 108 Å². The molecule has 0 saturated carbocycles. The maximum Gasteiger partial charge on any atom is 0.397 e. The lowest BCUT2D eigenvalue weighted by atomic mass is 10.0. The number of carboxylic acid groups (broad SMARTS) is 1. The predicted molar refractivity (Wildman–Crippen MR) is 58.4 cm³/mol. The fourth-order valence-corrected chi connectivity index (χ4v) is 2.08. The summed E-state index contributed by atoms with van der Waals surface area (Å²) in [5, 5.41) is 8.97. The molecule has 1 fully saturated rings. The normalized spacial score (nSPS) is 23.4. The molecule has 5 nitrogen and oxygen atoms in total. The topological polar surface area (TPSA) is 66.8 Å². The molecule has 1 aliphatic heterocycles. The number of aliphatic carboxylic acids is 1. The molecule has 0 aliphatic carbocycles. The smallest absolute Gasteiger partial charge is 0.397 e. The van der Waals surface area contributed by atoms with Gasteiger partial charge < -0.3 is 14.7 Å². The van der Waals surface area contributed by atoms with E-state index in [1.165, 1.54) is 0 Å². The number of carboxylic acids is 1. The highest BCUT2D eigenvalue weighted by molar-refractivity contribution is 5.79. The van der Waals surface area contributed by atoms with Crippen LogP contribution in [-0.4, -0.2) is 53.9 Å². The average molecular weight is 283 g/mol. The molecule has 110 valence electrons. The number of amides is 1. The number of alkyl halides is 3. The predicted octanol–water partition coefficient (Wildman–Crippen LogP) is 1.28. The summed E-state index contributed by atoms with van der Waals surface area (Å²) in [6.07, 6.45) is -5.72. The minimum atomic E-state index is -4.60. The Morgan fingerprint density at radius 2 is 2.00 bits per heavy atom. The van der Waals surface area contributed by atoms with Gasteiger partial charge in [-0.3, -0.25) is 9.59 Å². The summed E-state index contributed by atoms with van der Waals surface area (Å²) in [6, 6.07) is -0.827. The van der Waals surface area contributed by atoms with Crippen LogP contribution >= 0.6 is 0 Å². The molecule has 0 spiro atoms. The van der Waals surface area contributed by atoms with Crippen molar-refractivity contribution >= 4 is 11.9 Å². The molecule has 19 heavy (non-hydrogen) atoms. The van der Waals surface area contributed by atoms with Gasteiger partial charge in [0, 0.05) is 6.54 Å². The number of hydrogen-bond donors (Lipinski definition) is 1. The molecule has 1 aliphatic rings. The van der Waals surface area contributed by atoms with Gasteiger partial charge in [0.05, 0.1) is 19.3 Å². The Kier molecular flexibility index (Phi) is 5.16. The first kappa shape index (κ1) is 15.7. The molecule has 0 radical (unpaired) electrons. The van der Waals surface area contributed by atoms with E-state index in [1.807, 2.05) is 0 Å². The number of nitrogens with zero attached hydrogens (tertiary/aromatic N) is 1. The van der Waals surface area contributed by atoms with Crippen LogP contribution in [0.4, 0.5) is 13.2 Å². The van der Waals surface area contributed by atoms with E-state index >= 15 is 0 Å². The van der Waals surface area contributed by atoms with Crippen molar-refractivity contribution in [3.8, 4) is 0 Å². The van der Waals surface area contributed by atoms with Gasteiger partial charge >= 0.3 is 12.1 Å². The van der Waals surface area contributed by atoms with Crippen LogP contribution in [0, 0.1) is 5.92 Å². The van der Waals surface area contributed by atoms with Crippen LogP contribution < -0.4 is 0 Å². The first-order valence-electron chi connectivity index (χ1n) is 5.93. The van der Waals surface area contributed by atoms with Crippen molar-refractivity contribution in [1.29, 1.82) is 0 Å². The Bertz CT molecular complexity index is 345. The maximum atomic E-state index is 12.3. The van der Waals surface area contributed by atoms with Gasteiger partial charge in [0.1, 0.15) is 12.3 Å². The Balaban J connectivity index is 2.81. The molecule has 1 heterocycles. The van der Waals surface area contributed by atoms with Crippen LogP contribution in [0.2, 0.25) is 0 Å². The lowest BCUT2D eigenvalue weighted by Gasteiger charge is -2.30. The van der Waals surface area contributed by atoms with Gasteiger partial charge in [-0.2, -0.15) is 13.2 Å². The van der Waals surface area contributed by atoms with Gasteiger partial charge in [-0.1, -0.05) is 6.92 Å². The zero-order chi connectivity index (χ0) is 14.6. The number of ether oxygens (including phenoxy) is 1. The van der Waals surface area contributed by atoms with Gasteiger partial charge in [-0.05, 0) is 6.42 Å². The van der Waals surface area contributed by atoms with E-state index < -0.39 is 36.4 Å². The summed E-state index contributed by atoms with van der Waals surface area (Å²) in [4.78, 5) is 23.6. The van der Waals surface area contributed by atoms with Crippen molar-refractivity contribution in [2.75, 3.05) is 19.8 Å². The Hall–Kier alpha value is -1.31. The third-order valence-corrected chi connectivity index (χ3v) is 2.90. The lowest BCUT2D eigenvalue weighted by molar-refractivity contribution is -0.164. The van der Waals surface area contributed by atoms with E-state index in [2.05, 4.69) is 0 Å². The van der Waals surface area contributed by atoms with Crippen molar-refractivity contribution in [1.82, 2.24) is 4.90 Å². The monoisotopic (exact) mass is 283 g/mol. The molecule has 0 bridgehead atoms. The standard InChI is InChI=1S/C11H16F3NO4/c1-2-3-15(9(16)4-11(12,13)14)8-6-19-5-7(8)10(17)18/h7-8H,2-6H2,1H3,(H,17,18). The van der Waals surface area contributed by atoms with Gasteiger partial charge in [-0.15, -0.1) is 0 Å². The van der Waals surface area contributed by atoms with E-state index in [4.69, 9.17) is 9.84 Å². The van der Waals surface area contributed by atoms with E-state index in [1.54, 1.807) is 6.92 Å². The van der Waals surface area contributed by atoms with E-state index in [0.717, 1.165) is 4.90 Å². The Morgan fingerprint density at radius 1 is 1.37 bits per heavy atom. The number of carbonyl (C=O) groups excluding carboxylic acids is 1. The summed E-state index contributed by atoms with van der Waals surface area (Å²) in [6.45, 7) is 1.67. The second-order valence-corrected chi connectivity index (χ2v) is 4.43. The maximum absolute atomic E-state index is 12.3. The second-order valence-electron chi connectivity index (χ2n) is 4.43. The van der Waals surface area contributed by atoms with Crippen LogP contribution in [0.1, 0.15) is 19.8 Å². The lowest BCUT2D eigenvalue weighted by Crippen LogP contribution is -2.48. The first-order chi connectivity index (χ1) is 8.76. The molecule has 8 heteroatoms. The zero-order valence-corrected chi connectivity index (χ0v) is 10.4. The minimum absolute atomic E-state index is 0.0411. The van der Waals surface area contributed by atoms with Crippen molar-refractivity contribution in [2.24, 2.45) is 5.92 Å². The van der Waals surface area contributed by atoms with Crippen LogP contribution in [0.5, 0.6) is 0 Å². The quantitative estimate of drug-likeness (QED) is 0.825. The van der Waals surface area contributed by atoms with Crippen molar-refractivity contribution in [2.45, 2.75) is 32.0 Å². The summed E-state index contributed by atoms with van der Waals surface area (Å²) in [7, 11) is 0. The molecule has 1 amide bonds. The molecule has 0 aromatic rings. The summed E-state index contributed by atoms with van der Waals surface area (Å²) >= 11 is 0. The fourth-order valence-electron chi connectivity index (χ4n) is 2.08. The minimum Gasteiger partial charge on any atom is -0.481 e. The van der Waals surface area contributed by atoms with Gasteiger partial charge in [0.2, 0.25) is 5.91 Å². The first-order valence-corrected chi connectivity index (χ1v) is 5.93. The second kappa shape index (κ2) is 6.23. The fraction of sp³-hybridized carbons (Fsp3) is 0.818. The molecule has 0 aromatic carbocycles. The molecule has 2 atom stereocenters. The molecule has 1 N–H and O–H groups in total. The van der Waals surface area contributed by atoms with E-state index in [-0.39, 0.29) is 19.8 Å². The summed E-state index contributed by atoms with van der Waals surface area (Å²) in [5.41, 5.74) is 0. The molecule has 0 aromatic heterocycles. The molecule has 1 rings (SSSR count). The third-order valence-electron chi connectivity index (χ3n) is 2.90. The van der Waals surface area contributed by atoms with Crippen molar-refractivity contribution < 1.29 is 32.6 Å². The van der Waals surface area contributed by atoms with E-state index in [9.17, 15) is 22.8 Å². The summed E-state index contributed by atoms with van der Waals surface area (Å²) in [5.74, 6) is -3.23. The number of rotatable bonds is 5. The Morgan fingerprint density at radius 3 is 2.47 bits per heavy atom. The van der Waals surface area contributed by atoms with E-state index in [0.29, 0.717) is 6.42 Å². The largest absolute Gasteiger partial charge is 0.481 e. The van der Waals surface area contributed by atoms with Gasteiger partial charge in [0.25, 0.3) is 0 Å². The van der Waals surface area contributed by atoms with Crippen LogP contribution in [0.25, 0.3) is 0 Å². The average Bonchev–Trinajstić information content (AvgIpc) is 2.71. The van der Waals surface area contributed by atoms with Crippen LogP contribution in [-0.2, 0) is 14.3 Å². The molecule has 1 saturated heterocycles. The highest BCUT2D eigenvalue weighted by Crippen LogP contribution is 2.25. The molecular formula is C11H16F3NO4. The van der Waals surface area contributed by atoms with Gasteiger partial charge in [0.15, 0.2) is 0 Å². The summed E-state index contributed by atoms with van der Waals surface area (Å²) < 4.78 is 41.7.